The number of rotatable bonds is 3. The maximum atomic E-state index is 10.2. The number of halogens is 1. The number of fused-ring (bicyclic) bond motifs is 1. The van der Waals surface area contributed by atoms with Crippen LogP contribution in [0.2, 0.25) is 5.02 Å². The zero-order valence-corrected chi connectivity index (χ0v) is 8.70. The fourth-order valence-electron chi connectivity index (χ4n) is 1.45. The van der Waals surface area contributed by atoms with E-state index in [0.717, 1.165) is 10.8 Å². The summed E-state index contributed by atoms with van der Waals surface area (Å²) in [5.74, 6) is 0.616. The van der Waals surface area contributed by atoms with Gasteiger partial charge in [0.25, 0.3) is 0 Å². The van der Waals surface area contributed by atoms with Gasteiger partial charge in [0.05, 0.1) is 5.02 Å². The van der Waals surface area contributed by atoms with Gasteiger partial charge in [-0.05, 0) is 17.5 Å². The zero-order chi connectivity index (χ0) is 10.7. The molecule has 3 heteroatoms. The van der Waals surface area contributed by atoms with Gasteiger partial charge in [-0.1, -0.05) is 35.9 Å². The van der Waals surface area contributed by atoms with Crippen LogP contribution in [0.4, 0.5) is 0 Å². The van der Waals surface area contributed by atoms with Gasteiger partial charge in [-0.25, -0.2) is 0 Å². The van der Waals surface area contributed by atoms with Crippen LogP contribution in [0.5, 0.6) is 5.75 Å². The average molecular weight is 221 g/mol. The molecule has 0 saturated carbocycles. The highest BCUT2D eigenvalue weighted by molar-refractivity contribution is 6.35. The number of benzene rings is 2. The van der Waals surface area contributed by atoms with Crippen LogP contribution in [-0.4, -0.2) is 12.9 Å². The molecular weight excluding hydrogens is 212 g/mol. The molecule has 0 saturated heterocycles. The largest absolute Gasteiger partial charge is 0.486 e. The second kappa shape index (κ2) is 4.32. The summed E-state index contributed by atoms with van der Waals surface area (Å²) in [7, 11) is 0. The quantitative estimate of drug-likeness (QED) is 0.744. The van der Waals surface area contributed by atoms with Gasteiger partial charge in [0.2, 0.25) is 0 Å². The monoisotopic (exact) mass is 220 g/mol. The molecule has 0 aliphatic heterocycles. The van der Waals surface area contributed by atoms with Crippen LogP contribution in [0.1, 0.15) is 0 Å². The third kappa shape index (κ3) is 2.10. The molecule has 2 aromatic carbocycles. The van der Waals surface area contributed by atoms with Gasteiger partial charge in [0.1, 0.15) is 12.4 Å². The van der Waals surface area contributed by atoms with E-state index in [1.807, 2.05) is 30.3 Å². The van der Waals surface area contributed by atoms with Crippen LogP contribution in [0, 0.1) is 0 Å². The van der Waals surface area contributed by atoms with Crippen LogP contribution in [0.25, 0.3) is 10.8 Å². The Hall–Kier alpha value is -1.54. The Labute approximate surface area is 92.4 Å². The van der Waals surface area contributed by atoms with Gasteiger partial charge in [0, 0.05) is 5.39 Å². The zero-order valence-electron chi connectivity index (χ0n) is 7.94. The highest BCUT2D eigenvalue weighted by Gasteiger charge is 2.02. The molecule has 2 nitrogen and oxygen atoms in total. The standard InChI is InChI=1S/C12H9ClO2/c13-12-8-10(15-6-5-14)7-9-3-1-2-4-11(9)12/h1-5,7-8H,6H2. The normalized spacial score (nSPS) is 10.2. The minimum absolute atomic E-state index is 0.0503. The van der Waals surface area contributed by atoms with Gasteiger partial charge >= 0.3 is 0 Å². The Morgan fingerprint density at radius 2 is 2.07 bits per heavy atom. The Kier molecular flexibility index (Phi) is 2.88. The van der Waals surface area contributed by atoms with Crippen LogP contribution in [0.15, 0.2) is 36.4 Å². The van der Waals surface area contributed by atoms with E-state index in [0.29, 0.717) is 17.1 Å². The van der Waals surface area contributed by atoms with Crippen molar-refractivity contribution >= 4 is 28.7 Å². The van der Waals surface area contributed by atoms with E-state index in [-0.39, 0.29) is 6.61 Å². The van der Waals surface area contributed by atoms with Gasteiger partial charge in [-0.15, -0.1) is 0 Å². The number of ether oxygens (including phenoxy) is 1. The molecule has 15 heavy (non-hydrogen) atoms. The Bertz CT molecular complexity index is 494. The molecule has 76 valence electrons. The van der Waals surface area contributed by atoms with E-state index in [2.05, 4.69) is 0 Å². The minimum Gasteiger partial charge on any atom is -0.486 e. The number of hydrogen-bond donors (Lipinski definition) is 0. The third-order valence-corrected chi connectivity index (χ3v) is 2.42. The van der Waals surface area contributed by atoms with Crippen LogP contribution < -0.4 is 4.74 Å². The molecule has 2 aromatic rings. The molecule has 0 aliphatic rings. The van der Waals surface area contributed by atoms with Gasteiger partial charge < -0.3 is 4.74 Å². The molecule has 0 aromatic heterocycles. The van der Waals surface area contributed by atoms with Crippen molar-refractivity contribution in [1.82, 2.24) is 0 Å². The summed E-state index contributed by atoms with van der Waals surface area (Å²) in [6.07, 6.45) is 0.711. The third-order valence-electron chi connectivity index (χ3n) is 2.10. The first-order valence-corrected chi connectivity index (χ1v) is 4.94. The molecule has 0 spiro atoms. The molecule has 0 aliphatic carbocycles. The van der Waals surface area contributed by atoms with Crippen LogP contribution in [-0.2, 0) is 4.79 Å². The van der Waals surface area contributed by atoms with E-state index in [4.69, 9.17) is 16.3 Å². The van der Waals surface area contributed by atoms with E-state index in [1.54, 1.807) is 6.07 Å². The van der Waals surface area contributed by atoms with Crippen molar-refractivity contribution in [1.29, 1.82) is 0 Å². The lowest BCUT2D eigenvalue weighted by Gasteiger charge is -2.05. The van der Waals surface area contributed by atoms with Crippen molar-refractivity contribution in [3.8, 4) is 5.75 Å². The predicted molar refractivity (Wildman–Crippen MR) is 60.5 cm³/mol. The molecule has 0 unspecified atom stereocenters. The lowest BCUT2D eigenvalue weighted by molar-refractivity contribution is -0.109. The molecule has 0 radical (unpaired) electrons. The summed E-state index contributed by atoms with van der Waals surface area (Å²) in [6, 6.07) is 11.3. The van der Waals surface area contributed by atoms with E-state index in [9.17, 15) is 4.79 Å². The number of carbonyl (C=O) groups excluding carboxylic acids is 1. The second-order valence-corrected chi connectivity index (χ2v) is 3.51. The first-order chi connectivity index (χ1) is 7.31. The summed E-state index contributed by atoms with van der Waals surface area (Å²) in [5.41, 5.74) is 0. The van der Waals surface area contributed by atoms with Gasteiger partial charge in [0.15, 0.2) is 6.29 Å². The number of aldehydes is 1. The van der Waals surface area contributed by atoms with Crippen LogP contribution >= 0.6 is 11.6 Å². The molecule has 0 bridgehead atoms. The lowest BCUT2D eigenvalue weighted by atomic mass is 10.1. The smallest absolute Gasteiger partial charge is 0.157 e. The van der Waals surface area contributed by atoms with Crippen molar-refractivity contribution in [3.05, 3.63) is 41.4 Å². The summed E-state index contributed by atoms with van der Waals surface area (Å²) in [6.45, 7) is 0.0503. The fourth-order valence-corrected chi connectivity index (χ4v) is 1.73. The van der Waals surface area contributed by atoms with Crippen molar-refractivity contribution in [2.45, 2.75) is 0 Å². The first-order valence-electron chi connectivity index (χ1n) is 4.56. The van der Waals surface area contributed by atoms with Crippen molar-refractivity contribution in [2.75, 3.05) is 6.61 Å². The number of carbonyl (C=O) groups is 1. The fraction of sp³-hybridized carbons (Fsp3) is 0.0833. The molecule has 0 fully saturated rings. The number of hydrogen-bond acceptors (Lipinski definition) is 2. The topological polar surface area (TPSA) is 26.3 Å². The first kappa shape index (κ1) is 9.99. The van der Waals surface area contributed by atoms with Crippen molar-refractivity contribution < 1.29 is 9.53 Å². The second-order valence-electron chi connectivity index (χ2n) is 3.10. The lowest BCUT2D eigenvalue weighted by Crippen LogP contribution is -1.97. The Morgan fingerprint density at radius 1 is 1.27 bits per heavy atom. The van der Waals surface area contributed by atoms with Crippen molar-refractivity contribution in [3.63, 3.8) is 0 Å². The molecule has 0 amide bonds. The van der Waals surface area contributed by atoms with Gasteiger partial charge in [-0.3, -0.25) is 4.79 Å². The maximum Gasteiger partial charge on any atom is 0.157 e. The highest BCUT2D eigenvalue weighted by Crippen LogP contribution is 2.28. The predicted octanol–water partition coefficient (Wildman–Crippen LogP) is 3.07. The molecule has 0 N–H and O–H groups in total. The molecule has 0 atom stereocenters. The summed E-state index contributed by atoms with van der Waals surface area (Å²) >= 11 is 6.07. The van der Waals surface area contributed by atoms with E-state index < -0.39 is 0 Å². The summed E-state index contributed by atoms with van der Waals surface area (Å²) in [5, 5.41) is 2.62. The summed E-state index contributed by atoms with van der Waals surface area (Å²) < 4.78 is 5.19. The molecular formula is C12H9ClO2. The van der Waals surface area contributed by atoms with Gasteiger partial charge in [-0.2, -0.15) is 0 Å². The minimum atomic E-state index is 0.0503. The highest BCUT2D eigenvalue weighted by atomic mass is 35.5. The molecule has 0 heterocycles. The van der Waals surface area contributed by atoms with E-state index in [1.165, 1.54) is 0 Å². The average Bonchev–Trinajstić information content (AvgIpc) is 2.26. The Morgan fingerprint density at radius 3 is 2.87 bits per heavy atom. The maximum absolute atomic E-state index is 10.2. The SMILES string of the molecule is O=CCOc1cc(Cl)c2ccccc2c1. The van der Waals surface area contributed by atoms with Crippen molar-refractivity contribution in [2.24, 2.45) is 0 Å². The molecule has 2 rings (SSSR count). The summed E-state index contributed by atoms with van der Waals surface area (Å²) in [4.78, 5) is 10.2. The van der Waals surface area contributed by atoms with E-state index >= 15 is 0 Å². The van der Waals surface area contributed by atoms with Crippen LogP contribution in [0.3, 0.4) is 0 Å². The Balaban J connectivity index is 2.47.